The van der Waals surface area contributed by atoms with Gasteiger partial charge in [-0.1, -0.05) is 13.8 Å². The lowest BCUT2D eigenvalue weighted by atomic mass is 10.3. The van der Waals surface area contributed by atoms with Gasteiger partial charge < -0.3 is 15.5 Å². The van der Waals surface area contributed by atoms with Gasteiger partial charge >= 0.3 is 0 Å². The molecule has 0 radical (unpaired) electrons. The number of carbonyl (C=O) groups is 1. The van der Waals surface area contributed by atoms with Crippen LogP contribution in [0.4, 0.5) is 11.6 Å². The smallest absolute Gasteiger partial charge is 0.239 e. The number of hydrogen-bond acceptors (Lipinski definition) is 5. The lowest BCUT2D eigenvalue weighted by Crippen LogP contribution is -2.36. The van der Waals surface area contributed by atoms with Crippen molar-refractivity contribution in [3.63, 3.8) is 0 Å². The number of rotatable bonds is 9. The summed E-state index contributed by atoms with van der Waals surface area (Å²) in [5.41, 5.74) is 0. The van der Waals surface area contributed by atoms with Gasteiger partial charge in [-0.15, -0.1) is 0 Å². The van der Waals surface area contributed by atoms with E-state index >= 15 is 0 Å². The molecule has 0 bridgehead atoms. The first kappa shape index (κ1) is 17.2. The Labute approximate surface area is 127 Å². The highest BCUT2D eigenvalue weighted by atomic mass is 16.1. The molecule has 1 heterocycles. The Hall–Kier alpha value is -1.85. The first-order chi connectivity index (χ1) is 10.1. The lowest BCUT2D eigenvalue weighted by molar-refractivity contribution is -0.119. The second-order valence-corrected chi connectivity index (χ2v) is 4.89. The van der Waals surface area contributed by atoms with Gasteiger partial charge in [-0.3, -0.25) is 4.79 Å². The fourth-order valence-corrected chi connectivity index (χ4v) is 1.93. The van der Waals surface area contributed by atoms with Crippen LogP contribution in [-0.2, 0) is 11.2 Å². The van der Waals surface area contributed by atoms with Crippen molar-refractivity contribution in [2.24, 2.45) is 0 Å². The van der Waals surface area contributed by atoms with Crippen molar-refractivity contribution in [1.82, 2.24) is 15.3 Å². The van der Waals surface area contributed by atoms with E-state index in [2.05, 4.69) is 34.4 Å². The molecule has 118 valence electrons. The third kappa shape index (κ3) is 5.57. The molecule has 0 aromatic carbocycles. The van der Waals surface area contributed by atoms with Crippen LogP contribution in [0.2, 0.25) is 0 Å². The van der Waals surface area contributed by atoms with Crippen LogP contribution in [0.5, 0.6) is 0 Å². The van der Waals surface area contributed by atoms with Crippen LogP contribution in [0.25, 0.3) is 0 Å². The number of hydrogen-bond donors (Lipinski definition) is 2. The second-order valence-electron chi connectivity index (χ2n) is 4.89. The summed E-state index contributed by atoms with van der Waals surface area (Å²) >= 11 is 0. The summed E-state index contributed by atoms with van der Waals surface area (Å²) in [6.45, 7) is 8.16. The zero-order valence-corrected chi connectivity index (χ0v) is 13.6. The Kier molecular flexibility index (Phi) is 7.50. The van der Waals surface area contributed by atoms with E-state index in [1.165, 1.54) is 0 Å². The Morgan fingerprint density at radius 1 is 1.24 bits per heavy atom. The molecule has 0 aliphatic heterocycles. The number of amides is 1. The van der Waals surface area contributed by atoms with E-state index in [-0.39, 0.29) is 5.91 Å². The Morgan fingerprint density at radius 2 is 2.00 bits per heavy atom. The highest BCUT2D eigenvalue weighted by Gasteiger charge is 2.13. The van der Waals surface area contributed by atoms with Gasteiger partial charge in [-0.25, -0.2) is 9.97 Å². The summed E-state index contributed by atoms with van der Waals surface area (Å²) in [7, 11) is 1.65. The van der Waals surface area contributed by atoms with Gasteiger partial charge in [0.15, 0.2) is 0 Å². The fourth-order valence-electron chi connectivity index (χ4n) is 1.93. The molecule has 21 heavy (non-hydrogen) atoms. The first-order valence-corrected chi connectivity index (χ1v) is 7.71. The highest BCUT2D eigenvalue weighted by Crippen LogP contribution is 2.16. The molecule has 0 saturated carbocycles. The van der Waals surface area contributed by atoms with E-state index in [0.29, 0.717) is 6.54 Å². The zero-order valence-electron chi connectivity index (χ0n) is 13.6. The molecule has 0 saturated heterocycles. The van der Waals surface area contributed by atoms with Gasteiger partial charge in [-0.05, 0) is 19.8 Å². The van der Waals surface area contributed by atoms with E-state index in [0.717, 1.165) is 49.8 Å². The standard InChI is InChI=1S/C15H27N5O/c1-5-8-12-18-13(17-9-6-2)10-14(19-12)20(7-3)11-15(21)16-4/h10H,5-9,11H2,1-4H3,(H,16,21)(H,17,18,19). The maximum absolute atomic E-state index is 11.6. The Bertz CT molecular complexity index is 450. The van der Waals surface area contributed by atoms with Crippen molar-refractivity contribution in [2.45, 2.75) is 40.0 Å². The van der Waals surface area contributed by atoms with Crippen LogP contribution in [0.1, 0.15) is 39.4 Å². The molecule has 0 fully saturated rings. The summed E-state index contributed by atoms with van der Waals surface area (Å²) in [6, 6.07) is 1.92. The molecule has 6 nitrogen and oxygen atoms in total. The minimum Gasteiger partial charge on any atom is -0.370 e. The molecule has 0 aliphatic rings. The molecule has 0 atom stereocenters. The average molecular weight is 293 g/mol. The molecule has 1 amide bonds. The first-order valence-electron chi connectivity index (χ1n) is 7.71. The number of anilines is 2. The maximum atomic E-state index is 11.6. The van der Waals surface area contributed by atoms with E-state index < -0.39 is 0 Å². The predicted molar refractivity (Wildman–Crippen MR) is 86.8 cm³/mol. The minimum absolute atomic E-state index is 0.0180. The van der Waals surface area contributed by atoms with E-state index in [1.54, 1.807) is 7.05 Å². The minimum atomic E-state index is -0.0180. The summed E-state index contributed by atoms with van der Waals surface area (Å²) in [5, 5.41) is 5.95. The molecule has 1 aromatic heterocycles. The van der Waals surface area contributed by atoms with Gasteiger partial charge in [0.1, 0.15) is 17.5 Å². The molecule has 6 heteroatoms. The molecule has 0 spiro atoms. The fraction of sp³-hybridized carbons (Fsp3) is 0.667. The van der Waals surface area contributed by atoms with Crippen molar-refractivity contribution >= 4 is 17.5 Å². The molecule has 0 unspecified atom stereocenters. The molecule has 0 aliphatic carbocycles. The molecular weight excluding hydrogens is 266 g/mol. The largest absolute Gasteiger partial charge is 0.370 e. The number of nitrogens with one attached hydrogen (secondary N) is 2. The monoisotopic (exact) mass is 293 g/mol. The second kappa shape index (κ2) is 9.15. The number of carbonyl (C=O) groups excluding carboxylic acids is 1. The third-order valence-corrected chi connectivity index (χ3v) is 3.11. The van der Waals surface area contributed by atoms with Crippen molar-refractivity contribution < 1.29 is 4.79 Å². The van der Waals surface area contributed by atoms with E-state index in [4.69, 9.17) is 0 Å². The number of nitrogens with zero attached hydrogens (tertiary/aromatic N) is 3. The average Bonchev–Trinajstić information content (AvgIpc) is 2.50. The van der Waals surface area contributed by atoms with Gasteiger partial charge in [-0.2, -0.15) is 0 Å². The van der Waals surface area contributed by atoms with Crippen LogP contribution < -0.4 is 15.5 Å². The van der Waals surface area contributed by atoms with Crippen LogP contribution in [0.3, 0.4) is 0 Å². The zero-order chi connectivity index (χ0) is 15.7. The van der Waals surface area contributed by atoms with Gasteiger partial charge in [0, 0.05) is 32.6 Å². The van der Waals surface area contributed by atoms with E-state index in [9.17, 15) is 4.79 Å². The molecule has 1 rings (SSSR count). The number of aryl methyl sites for hydroxylation is 1. The van der Waals surface area contributed by atoms with Gasteiger partial charge in [0.05, 0.1) is 6.54 Å². The van der Waals surface area contributed by atoms with E-state index in [1.807, 2.05) is 17.9 Å². The Morgan fingerprint density at radius 3 is 2.57 bits per heavy atom. The maximum Gasteiger partial charge on any atom is 0.239 e. The van der Waals surface area contributed by atoms with Crippen molar-refractivity contribution in [3.8, 4) is 0 Å². The van der Waals surface area contributed by atoms with Crippen molar-refractivity contribution in [1.29, 1.82) is 0 Å². The quantitative estimate of drug-likeness (QED) is 0.727. The van der Waals surface area contributed by atoms with Gasteiger partial charge in [0.2, 0.25) is 5.91 Å². The van der Waals surface area contributed by atoms with Crippen molar-refractivity contribution in [2.75, 3.05) is 36.9 Å². The third-order valence-electron chi connectivity index (χ3n) is 3.11. The summed E-state index contributed by atoms with van der Waals surface area (Å²) in [5.74, 6) is 2.44. The normalized spacial score (nSPS) is 10.3. The summed E-state index contributed by atoms with van der Waals surface area (Å²) in [4.78, 5) is 22.7. The Balaban J connectivity index is 3.00. The molecule has 2 N–H and O–H groups in total. The highest BCUT2D eigenvalue weighted by molar-refractivity contribution is 5.80. The van der Waals surface area contributed by atoms with Gasteiger partial charge in [0.25, 0.3) is 0 Å². The van der Waals surface area contributed by atoms with Crippen LogP contribution in [0, 0.1) is 0 Å². The topological polar surface area (TPSA) is 70.2 Å². The van der Waals surface area contributed by atoms with Crippen LogP contribution in [0.15, 0.2) is 6.07 Å². The van der Waals surface area contributed by atoms with Crippen molar-refractivity contribution in [3.05, 3.63) is 11.9 Å². The lowest BCUT2D eigenvalue weighted by Gasteiger charge is -2.22. The SMILES string of the molecule is CCCNc1cc(N(CC)CC(=O)NC)nc(CCC)n1. The summed E-state index contributed by atoms with van der Waals surface area (Å²) in [6.07, 6.45) is 2.88. The summed E-state index contributed by atoms with van der Waals surface area (Å²) < 4.78 is 0. The van der Waals surface area contributed by atoms with Crippen LogP contribution in [-0.4, -0.2) is 42.6 Å². The van der Waals surface area contributed by atoms with Crippen LogP contribution >= 0.6 is 0 Å². The molecular formula is C15H27N5O. The predicted octanol–water partition coefficient (Wildman–Crippen LogP) is 1.82. The number of aromatic nitrogens is 2. The number of likely N-dealkylation sites (N-methyl/N-ethyl adjacent to an activating group) is 2. The molecule has 1 aromatic rings.